The summed E-state index contributed by atoms with van der Waals surface area (Å²) < 4.78 is 5.76. The third kappa shape index (κ3) is 4.95. The quantitative estimate of drug-likeness (QED) is 0.740. The molecule has 1 fully saturated rings. The van der Waals surface area contributed by atoms with Crippen LogP contribution in [0.2, 0.25) is 0 Å². The molecule has 1 amide bonds. The molecule has 0 saturated carbocycles. The van der Waals surface area contributed by atoms with Crippen molar-refractivity contribution in [1.82, 2.24) is 9.80 Å². The number of carbonyl (C=O) groups is 1. The van der Waals surface area contributed by atoms with Gasteiger partial charge in [-0.1, -0.05) is 13.8 Å². The summed E-state index contributed by atoms with van der Waals surface area (Å²) in [6, 6.07) is 7.65. The number of likely N-dealkylation sites (tertiary alicyclic amines) is 1. The van der Waals surface area contributed by atoms with Crippen LogP contribution in [0.25, 0.3) is 0 Å². The molecule has 2 N–H and O–H groups in total. The largest absolute Gasteiger partial charge is 0.494 e. The number of hydrogen-bond acceptors (Lipinski definition) is 4. The monoisotopic (exact) mass is 333 g/mol. The summed E-state index contributed by atoms with van der Waals surface area (Å²) in [5.41, 5.74) is 5.74. The van der Waals surface area contributed by atoms with E-state index in [0.29, 0.717) is 24.1 Å². The van der Waals surface area contributed by atoms with Gasteiger partial charge in [0.1, 0.15) is 5.75 Å². The van der Waals surface area contributed by atoms with Gasteiger partial charge >= 0.3 is 0 Å². The zero-order valence-corrected chi connectivity index (χ0v) is 15.4. The molecule has 1 aromatic rings. The molecule has 134 valence electrons. The highest BCUT2D eigenvalue weighted by Crippen LogP contribution is 2.27. The molecule has 24 heavy (non-hydrogen) atoms. The topological polar surface area (TPSA) is 58.8 Å². The second-order valence-electron chi connectivity index (χ2n) is 7.29. The molecule has 1 aromatic carbocycles. The molecule has 0 radical (unpaired) electrons. The highest BCUT2D eigenvalue weighted by molar-refractivity contribution is 5.92. The first-order valence-corrected chi connectivity index (χ1v) is 8.80. The van der Waals surface area contributed by atoms with Crippen molar-refractivity contribution >= 4 is 5.91 Å². The third-order valence-electron chi connectivity index (χ3n) is 4.95. The van der Waals surface area contributed by atoms with E-state index in [-0.39, 0.29) is 0 Å². The van der Waals surface area contributed by atoms with E-state index in [2.05, 4.69) is 37.7 Å². The molecule has 1 aliphatic heterocycles. The molecule has 2 rings (SSSR count). The molecule has 5 heteroatoms. The summed E-state index contributed by atoms with van der Waals surface area (Å²) in [4.78, 5) is 16.0. The SMILES string of the molecule is CC(C)[C@@H]1CN(CCCOc2ccc(C(N)=O)cc2)C[C@H]1N(C)C. The van der Waals surface area contributed by atoms with Crippen molar-refractivity contribution in [2.75, 3.05) is 40.3 Å². The average Bonchev–Trinajstić information content (AvgIpc) is 2.97. The first-order chi connectivity index (χ1) is 11.4. The van der Waals surface area contributed by atoms with Crippen molar-refractivity contribution in [3.8, 4) is 5.75 Å². The van der Waals surface area contributed by atoms with Gasteiger partial charge in [-0.15, -0.1) is 0 Å². The van der Waals surface area contributed by atoms with E-state index in [1.807, 2.05) is 0 Å². The molecule has 5 nitrogen and oxygen atoms in total. The highest BCUT2D eigenvalue weighted by Gasteiger charge is 2.35. The van der Waals surface area contributed by atoms with Gasteiger partial charge in [-0.2, -0.15) is 0 Å². The van der Waals surface area contributed by atoms with Crippen LogP contribution in [0.1, 0.15) is 30.6 Å². The van der Waals surface area contributed by atoms with Crippen molar-refractivity contribution in [1.29, 1.82) is 0 Å². The van der Waals surface area contributed by atoms with E-state index in [9.17, 15) is 4.79 Å². The maximum atomic E-state index is 11.0. The minimum atomic E-state index is -0.411. The summed E-state index contributed by atoms with van der Waals surface area (Å²) >= 11 is 0. The summed E-state index contributed by atoms with van der Waals surface area (Å²) in [7, 11) is 4.37. The lowest BCUT2D eigenvalue weighted by atomic mass is 9.91. The van der Waals surface area contributed by atoms with E-state index in [1.165, 1.54) is 6.54 Å². The molecular formula is C19H31N3O2. The number of ether oxygens (including phenoxy) is 1. The zero-order chi connectivity index (χ0) is 17.7. The lowest BCUT2D eigenvalue weighted by Gasteiger charge is -2.27. The highest BCUT2D eigenvalue weighted by atomic mass is 16.5. The van der Waals surface area contributed by atoms with E-state index >= 15 is 0 Å². The van der Waals surface area contributed by atoms with Gasteiger partial charge in [-0.05, 0) is 56.6 Å². The van der Waals surface area contributed by atoms with Crippen molar-refractivity contribution in [3.05, 3.63) is 29.8 Å². The molecule has 1 saturated heterocycles. The van der Waals surface area contributed by atoms with Crippen molar-refractivity contribution in [2.45, 2.75) is 26.3 Å². The first kappa shape index (κ1) is 18.7. The van der Waals surface area contributed by atoms with Gasteiger partial charge in [0.05, 0.1) is 6.61 Å². The van der Waals surface area contributed by atoms with Crippen LogP contribution in [0.5, 0.6) is 5.75 Å². The maximum Gasteiger partial charge on any atom is 0.248 e. The van der Waals surface area contributed by atoms with Crippen molar-refractivity contribution in [3.63, 3.8) is 0 Å². The lowest BCUT2D eigenvalue weighted by molar-refractivity contribution is 0.100. The van der Waals surface area contributed by atoms with Gasteiger partial charge in [0.25, 0.3) is 0 Å². The van der Waals surface area contributed by atoms with Gasteiger partial charge in [0.2, 0.25) is 5.91 Å². The molecule has 2 atom stereocenters. The number of rotatable bonds is 8. The maximum absolute atomic E-state index is 11.0. The Morgan fingerprint density at radius 2 is 1.96 bits per heavy atom. The smallest absolute Gasteiger partial charge is 0.248 e. The van der Waals surface area contributed by atoms with E-state index in [4.69, 9.17) is 10.5 Å². The van der Waals surface area contributed by atoms with E-state index < -0.39 is 5.91 Å². The Kier molecular flexibility index (Phi) is 6.63. The second-order valence-corrected chi connectivity index (χ2v) is 7.29. The second kappa shape index (κ2) is 8.49. The minimum Gasteiger partial charge on any atom is -0.494 e. The van der Waals surface area contributed by atoms with Crippen LogP contribution in [0.3, 0.4) is 0 Å². The number of hydrogen-bond donors (Lipinski definition) is 1. The summed E-state index contributed by atoms with van der Waals surface area (Å²) in [5, 5.41) is 0. The zero-order valence-electron chi connectivity index (χ0n) is 15.4. The molecule has 1 heterocycles. The van der Waals surface area contributed by atoms with Gasteiger partial charge in [-0.3, -0.25) is 4.79 Å². The standard InChI is InChI=1S/C19H31N3O2/c1-14(2)17-12-22(13-18(17)21(3)4)10-5-11-24-16-8-6-15(7-9-16)19(20)23/h6-9,14,17-18H,5,10-13H2,1-4H3,(H2,20,23)/t17-,18+/m0/s1. The molecule has 0 aromatic heterocycles. The van der Waals surface area contributed by atoms with E-state index in [1.54, 1.807) is 24.3 Å². The Morgan fingerprint density at radius 3 is 2.46 bits per heavy atom. The predicted molar refractivity (Wildman–Crippen MR) is 97.3 cm³/mol. The number of likely N-dealkylation sites (N-methyl/N-ethyl adjacent to an activating group) is 1. The van der Waals surface area contributed by atoms with Gasteiger partial charge < -0.3 is 20.3 Å². The molecule has 0 spiro atoms. The molecule has 0 unspecified atom stereocenters. The van der Waals surface area contributed by atoms with Crippen LogP contribution < -0.4 is 10.5 Å². The molecule has 0 bridgehead atoms. The van der Waals surface area contributed by atoms with Crippen molar-refractivity contribution < 1.29 is 9.53 Å². The van der Waals surface area contributed by atoms with Crippen LogP contribution in [-0.4, -0.2) is 62.1 Å². The Morgan fingerprint density at radius 1 is 1.29 bits per heavy atom. The molecule has 1 aliphatic rings. The Hall–Kier alpha value is -1.59. The minimum absolute atomic E-state index is 0.411. The Labute approximate surface area is 145 Å². The van der Waals surface area contributed by atoms with Crippen LogP contribution in [-0.2, 0) is 0 Å². The number of nitrogens with zero attached hydrogens (tertiary/aromatic N) is 2. The van der Waals surface area contributed by atoms with Crippen LogP contribution in [0, 0.1) is 11.8 Å². The van der Waals surface area contributed by atoms with E-state index in [0.717, 1.165) is 31.2 Å². The predicted octanol–water partition coefficient (Wildman–Crippen LogP) is 2.07. The number of amides is 1. The fourth-order valence-corrected chi connectivity index (χ4v) is 3.47. The van der Waals surface area contributed by atoms with Gasteiger partial charge in [0, 0.05) is 31.2 Å². The summed E-state index contributed by atoms with van der Waals surface area (Å²) in [6.45, 7) is 8.71. The number of primary amides is 1. The number of carbonyl (C=O) groups excluding carboxylic acids is 1. The van der Waals surface area contributed by atoms with Gasteiger partial charge in [0.15, 0.2) is 0 Å². The molecule has 0 aliphatic carbocycles. The summed E-state index contributed by atoms with van der Waals surface area (Å²) in [6.07, 6.45) is 1.00. The van der Waals surface area contributed by atoms with Crippen LogP contribution >= 0.6 is 0 Å². The lowest BCUT2D eigenvalue weighted by Crippen LogP contribution is -2.37. The normalized spacial score (nSPS) is 21.6. The number of nitrogens with two attached hydrogens (primary N) is 1. The molecular weight excluding hydrogens is 302 g/mol. The average molecular weight is 333 g/mol. The van der Waals surface area contributed by atoms with Gasteiger partial charge in [-0.25, -0.2) is 0 Å². The fourth-order valence-electron chi connectivity index (χ4n) is 3.47. The number of benzene rings is 1. The fraction of sp³-hybridized carbons (Fsp3) is 0.632. The first-order valence-electron chi connectivity index (χ1n) is 8.80. The van der Waals surface area contributed by atoms with Crippen LogP contribution in [0.4, 0.5) is 0 Å². The Balaban J connectivity index is 1.73. The van der Waals surface area contributed by atoms with Crippen LogP contribution in [0.15, 0.2) is 24.3 Å². The summed E-state index contributed by atoms with van der Waals surface area (Å²) in [5.74, 6) is 1.82. The Bertz CT molecular complexity index is 512. The third-order valence-corrected chi connectivity index (χ3v) is 4.95. The van der Waals surface area contributed by atoms with Crippen molar-refractivity contribution in [2.24, 2.45) is 17.6 Å².